The number of nitrogens with two attached hydrogens (primary N) is 1. The van der Waals surface area contributed by atoms with E-state index in [0.717, 1.165) is 0 Å². The molecule has 1 aromatic rings. The van der Waals surface area contributed by atoms with Crippen LogP contribution in [0.1, 0.15) is 24.8 Å². The van der Waals surface area contributed by atoms with E-state index in [1.165, 1.54) is 12.1 Å². The summed E-state index contributed by atoms with van der Waals surface area (Å²) in [6.45, 7) is 1.80. The van der Waals surface area contributed by atoms with Crippen LogP contribution in [0.3, 0.4) is 0 Å². The molecule has 0 aliphatic carbocycles. The Labute approximate surface area is 86.9 Å². The topological polar surface area (TPSA) is 43.1 Å². The van der Waals surface area contributed by atoms with Crippen LogP contribution in [0.5, 0.6) is 0 Å². The van der Waals surface area contributed by atoms with Crippen LogP contribution in [0.4, 0.5) is 4.39 Å². The maximum Gasteiger partial charge on any atom is 0.218 e. The molecular formula is C10H11ClFNO. The van der Waals surface area contributed by atoms with E-state index in [1.807, 2.05) is 0 Å². The molecule has 1 aromatic carbocycles. The van der Waals surface area contributed by atoms with Crippen molar-refractivity contribution in [2.75, 3.05) is 0 Å². The van der Waals surface area contributed by atoms with Crippen LogP contribution in [-0.2, 0) is 4.79 Å². The molecule has 76 valence electrons. The Hall–Kier alpha value is -1.09. The Bertz CT molecular complexity index is 334. The summed E-state index contributed by atoms with van der Waals surface area (Å²) in [6, 6.07) is 4.22. The maximum absolute atomic E-state index is 12.9. The molecule has 0 aromatic heterocycles. The summed E-state index contributed by atoms with van der Waals surface area (Å²) in [5, 5.41) is 0.330. The van der Waals surface area contributed by atoms with E-state index >= 15 is 0 Å². The van der Waals surface area contributed by atoms with Crippen LogP contribution in [-0.4, -0.2) is 5.91 Å². The SMILES string of the molecule is C[C@H](CC(N)=O)c1cc(F)cc(Cl)c1. The van der Waals surface area contributed by atoms with E-state index < -0.39 is 11.7 Å². The smallest absolute Gasteiger partial charge is 0.218 e. The van der Waals surface area contributed by atoms with Gasteiger partial charge in [0, 0.05) is 11.4 Å². The third-order valence-corrected chi connectivity index (χ3v) is 2.18. The fourth-order valence-corrected chi connectivity index (χ4v) is 1.51. The lowest BCUT2D eigenvalue weighted by Gasteiger charge is -2.09. The van der Waals surface area contributed by atoms with Crippen molar-refractivity contribution < 1.29 is 9.18 Å². The molecule has 0 aliphatic heterocycles. The Balaban J connectivity index is 2.89. The number of amides is 1. The molecule has 1 amide bonds. The normalized spacial score (nSPS) is 12.5. The molecule has 1 rings (SSSR count). The van der Waals surface area contributed by atoms with Crippen molar-refractivity contribution in [1.82, 2.24) is 0 Å². The van der Waals surface area contributed by atoms with Crippen LogP contribution in [0.2, 0.25) is 5.02 Å². The van der Waals surface area contributed by atoms with E-state index in [9.17, 15) is 9.18 Å². The Kier molecular flexibility index (Phi) is 3.47. The van der Waals surface area contributed by atoms with Crippen molar-refractivity contribution in [3.8, 4) is 0 Å². The van der Waals surface area contributed by atoms with Gasteiger partial charge in [0.25, 0.3) is 0 Å². The number of primary amides is 1. The zero-order chi connectivity index (χ0) is 10.7. The van der Waals surface area contributed by atoms with E-state index in [2.05, 4.69) is 0 Å². The summed E-state index contributed by atoms with van der Waals surface area (Å²) < 4.78 is 12.9. The largest absolute Gasteiger partial charge is 0.370 e. The Morgan fingerprint density at radius 1 is 1.57 bits per heavy atom. The van der Waals surface area contributed by atoms with Gasteiger partial charge in [-0.1, -0.05) is 18.5 Å². The Morgan fingerprint density at radius 3 is 2.71 bits per heavy atom. The van der Waals surface area contributed by atoms with Gasteiger partial charge in [-0.25, -0.2) is 4.39 Å². The van der Waals surface area contributed by atoms with Crippen molar-refractivity contribution in [3.63, 3.8) is 0 Å². The van der Waals surface area contributed by atoms with Gasteiger partial charge in [-0.3, -0.25) is 4.79 Å². The van der Waals surface area contributed by atoms with Gasteiger partial charge in [0.15, 0.2) is 0 Å². The average molecular weight is 216 g/mol. The van der Waals surface area contributed by atoms with Crippen molar-refractivity contribution in [2.45, 2.75) is 19.3 Å². The van der Waals surface area contributed by atoms with Gasteiger partial charge in [0.1, 0.15) is 5.82 Å². The standard InChI is InChI=1S/C10H11ClFNO/c1-6(2-10(13)14)7-3-8(11)5-9(12)4-7/h3-6H,2H2,1H3,(H2,13,14)/t6-/m1/s1. The quantitative estimate of drug-likeness (QED) is 0.827. The summed E-state index contributed by atoms with van der Waals surface area (Å²) >= 11 is 5.67. The minimum atomic E-state index is -0.405. The molecule has 0 spiro atoms. The molecule has 0 saturated heterocycles. The van der Waals surface area contributed by atoms with Crippen molar-refractivity contribution in [2.24, 2.45) is 5.73 Å². The Morgan fingerprint density at radius 2 is 2.21 bits per heavy atom. The number of carbonyl (C=O) groups is 1. The summed E-state index contributed by atoms with van der Waals surface area (Å²) in [6.07, 6.45) is 0.194. The molecule has 0 fully saturated rings. The minimum Gasteiger partial charge on any atom is -0.370 e. The van der Waals surface area contributed by atoms with Gasteiger partial charge in [0.05, 0.1) is 0 Å². The fourth-order valence-electron chi connectivity index (χ4n) is 1.28. The molecular weight excluding hydrogens is 205 g/mol. The average Bonchev–Trinajstić information content (AvgIpc) is 2.00. The summed E-state index contributed by atoms with van der Waals surface area (Å²) in [4.78, 5) is 10.6. The van der Waals surface area contributed by atoms with Gasteiger partial charge in [0.2, 0.25) is 5.91 Å². The van der Waals surface area contributed by atoms with Crippen LogP contribution < -0.4 is 5.73 Å². The number of rotatable bonds is 3. The van der Waals surface area contributed by atoms with E-state index in [4.69, 9.17) is 17.3 Å². The second-order valence-corrected chi connectivity index (χ2v) is 3.71. The first-order valence-electron chi connectivity index (χ1n) is 4.23. The molecule has 0 unspecified atom stereocenters. The van der Waals surface area contributed by atoms with Gasteiger partial charge in [-0.2, -0.15) is 0 Å². The molecule has 0 bridgehead atoms. The molecule has 0 saturated carbocycles. The first kappa shape index (κ1) is 11.0. The number of hydrogen-bond acceptors (Lipinski definition) is 1. The minimum absolute atomic E-state index is 0.110. The monoisotopic (exact) mass is 215 g/mol. The second kappa shape index (κ2) is 4.42. The first-order valence-corrected chi connectivity index (χ1v) is 4.61. The zero-order valence-electron chi connectivity index (χ0n) is 7.76. The van der Waals surface area contributed by atoms with Crippen molar-refractivity contribution >= 4 is 17.5 Å². The highest BCUT2D eigenvalue weighted by atomic mass is 35.5. The summed E-state index contributed by atoms with van der Waals surface area (Å²) in [7, 11) is 0. The van der Waals surface area contributed by atoms with E-state index in [-0.39, 0.29) is 12.3 Å². The lowest BCUT2D eigenvalue weighted by Crippen LogP contribution is -2.13. The summed E-state index contributed by atoms with van der Waals surface area (Å²) in [5.41, 5.74) is 5.73. The third kappa shape index (κ3) is 3.00. The number of hydrogen-bond donors (Lipinski definition) is 1. The molecule has 0 radical (unpaired) electrons. The highest BCUT2D eigenvalue weighted by molar-refractivity contribution is 6.30. The van der Waals surface area contributed by atoms with Crippen molar-refractivity contribution in [3.05, 3.63) is 34.6 Å². The predicted molar refractivity (Wildman–Crippen MR) is 53.6 cm³/mol. The van der Waals surface area contributed by atoms with Crippen LogP contribution in [0.25, 0.3) is 0 Å². The van der Waals surface area contributed by atoms with Crippen LogP contribution in [0, 0.1) is 5.82 Å². The molecule has 1 atom stereocenters. The first-order chi connectivity index (χ1) is 6.49. The molecule has 4 heteroatoms. The maximum atomic E-state index is 12.9. The molecule has 0 aliphatic rings. The molecule has 2 N–H and O–H groups in total. The second-order valence-electron chi connectivity index (χ2n) is 3.27. The van der Waals surface area contributed by atoms with E-state index in [1.54, 1.807) is 13.0 Å². The zero-order valence-corrected chi connectivity index (χ0v) is 8.51. The van der Waals surface area contributed by atoms with Crippen LogP contribution >= 0.6 is 11.6 Å². The van der Waals surface area contributed by atoms with Gasteiger partial charge in [-0.15, -0.1) is 0 Å². The van der Waals surface area contributed by atoms with Gasteiger partial charge in [-0.05, 0) is 29.7 Å². The number of benzene rings is 1. The van der Waals surface area contributed by atoms with E-state index in [0.29, 0.717) is 10.6 Å². The molecule has 14 heavy (non-hydrogen) atoms. The van der Waals surface area contributed by atoms with Gasteiger partial charge >= 0.3 is 0 Å². The molecule has 2 nitrogen and oxygen atoms in total. The van der Waals surface area contributed by atoms with Crippen molar-refractivity contribution in [1.29, 1.82) is 0 Å². The third-order valence-electron chi connectivity index (χ3n) is 1.96. The van der Waals surface area contributed by atoms with Gasteiger partial charge < -0.3 is 5.73 Å². The lowest BCUT2D eigenvalue weighted by molar-refractivity contribution is -0.118. The summed E-state index contributed by atoms with van der Waals surface area (Å²) in [5.74, 6) is -0.914. The fraction of sp³-hybridized carbons (Fsp3) is 0.300. The van der Waals surface area contributed by atoms with Crippen LogP contribution in [0.15, 0.2) is 18.2 Å². The predicted octanol–water partition coefficient (Wildman–Crippen LogP) is 2.46. The number of carbonyl (C=O) groups excluding carboxylic acids is 1. The highest BCUT2D eigenvalue weighted by Crippen LogP contribution is 2.23. The lowest BCUT2D eigenvalue weighted by atomic mass is 9.97. The highest BCUT2D eigenvalue weighted by Gasteiger charge is 2.10. The number of halogens is 2. The molecule has 0 heterocycles.